The number of carbonyl (C=O) groups is 2. The van der Waals surface area contributed by atoms with Crippen molar-refractivity contribution in [3.8, 4) is 0 Å². The van der Waals surface area contributed by atoms with E-state index < -0.39 is 24.1 Å². The molecule has 5 heteroatoms. The zero-order valence-electron chi connectivity index (χ0n) is 6.27. The van der Waals surface area contributed by atoms with Gasteiger partial charge in [0.25, 0.3) is 0 Å². The third-order valence-corrected chi connectivity index (χ3v) is 0.982. The fourth-order valence-corrected chi connectivity index (χ4v) is 0.323. The molecule has 0 spiro atoms. The van der Waals surface area contributed by atoms with Gasteiger partial charge in [-0.3, -0.25) is 0 Å². The minimum Gasteiger partial charge on any atom is -0.479 e. The summed E-state index contributed by atoms with van der Waals surface area (Å²) in [5.74, 6) is -2.17. The lowest BCUT2D eigenvalue weighted by molar-refractivity contribution is -0.168. The van der Waals surface area contributed by atoms with Gasteiger partial charge >= 0.3 is 11.9 Å². The number of aliphatic carboxylic acids is 1. The van der Waals surface area contributed by atoms with Crippen LogP contribution in [0, 0.1) is 0 Å². The molecular weight excluding hydrogens is 152 g/mol. The van der Waals surface area contributed by atoms with Crippen molar-refractivity contribution >= 4 is 11.9 Å². The molecule has 0 aliphatic carbocycles. The Kier molecular flexibility index (Phi) is 3.53. The van der Waals surface area contributed by atoms with Crippen molar-refractivity contribution in [1.82, 2.24) is 0 Å². The molecule has 0 saturated heterocycles. The lowest BCUT2D eigenvalue weighted by Gasteiger charge is -2.09. The zero-order chi connectivity index (χ0) is 9.02. The number of rotatable bonds is 3. The van der Waals surface area contributed by atoms with Crippen LogP contribution < -0.4 is 0 Å². The predicted octanol–water partition coefficient (Wildman–Crippen LogP) is -0.617. The van der Waals surface area contributed by atoms with Crippen LogP contribution in [0.1, 0.15) is 13.8 Å². The Morgan fingerprint density at radius 3 is 2.09 bits per heavy atom. The molecule has 2 unspecified atom stereocenters. The molecule has 5 nitrogen and oxygen atoms in total. The van der Waals surface area contributed by atoms with E-state index in [0.717, 1.165) is 0 Å². The second-order valence-electron chi connectivity index (χ2n) is 2.09. The number of hydrogen-bond donors (Lipinski definition) is 2. The molecule has 0 aliphatic rings. The summed E-state index contributed by atoms with van der Waals surface area (Å²) in [5.41, 5.74) is 0. The van der Waals surface area contributed by atoms with Gasteiger partial charge in [-0.2, -0.15) is 0 Å². The number of hydrogen-bond acceptors (Lipinski definition) is 4. The lowest BCUT2D eigenvalue weighted by Crippen LogP contribution is -2.29. The molecule has 0 aromatic rings. The Morgan fingerprint density at radius 1 is 1.36 bits per heavy atom. The average molecular weight is 162 g/mol. The van der Waals surface area contributed by atoms with E-state index in [1.807, 2.05) is 0 Å². The Labute approximate surface area is 63.6 Å². The second-order valence-corrected chi connectivity index (χ2v) is 2.09. The maximum absolute atomic E-state index is 10.5. The minimum absolute atomic E-state index is 0.931. The van der Waals surface area contributed by atoms with E-state index in [2.05, 4.69) is 4.74 Å². The number of carbonyl (C=O) groups excluding carboxylic acids is 1. The van der Waals surface area contributed by atoms with Gasteiger partial charge in [-0.15, -0.1) is 0 Å². The molecule has 0 aromatic heterocycles. The maximum Gasteiger partial charge on any atom is 0.344 e. The highest BCUT2D eigenvalue weighted by Gasteiger charge is 2.18. The van der Waals surface area contributed by atoms with Crippen molar-refractivity contribution in [3.05, 3.63) is 0 Å². The standard InChI is InChI=1S/C6H10O5/c1-3(7)6(10)11-4(2)5(8)9/h3-4,7H,1-2H3,(H,8,9). The van der Waals surface area contributed by atoms with Gasteiger partial charge in [0.15, 0.2) is 6.10 Å². The fourth-order valence-electron chi connectivity index (χ4n) is 0.323. The molecule has 0 heterocycles. The van der Waals surface area contributed by atoms with Crippen LogP contribution in [0.2, 0.25) is 0 Å². The van der Waals surface area contributed by atoms with Gasteiger partial charge in [0.05, 0.1) is 0 Å². The first-order valence-corrected chi connectivity index (χ1v) is 3.06. The van der Waals surface area contributed by atoms with E-state index in [1.54, 1.807) is 0 Å². The van der Waals surface area contributed by atoms with Crippen LogP contribution in [-0.2, 0) is 14.3 Å². The Balaban J connectivity index is 3.85. The van der Waals surface area contributed by atoms with E-state index in [9.17, 15) is 9.59 Å². The van der Waals surface area contributed by atoms with Crippen molar-refractivity contribution < 1.29 is 24.5 Å². The second kappa shape index (κ2) is 3.92. The molecule has 0 amide bonds. The molecule has 0 radical (unpaired) electrons. The molecule has 0 fully saturated rings. The summed E-state index contributed by atoms with van der Waals surface area (Å²) in [4.78, 5) is 20.6. The molecule has 0 aliphatic heterocycles. The van der Waals surface area contributed by atoms with E-state index in [1.165, 1.54) is 13.8 Å². The molecule has 2 atom stereocenters. The highest BCUT2D eigenvalue weighted by molar-refractivity contribution is 5.79. The summed E-state index contributed by atoms with van der Waals surface area (Å²) in [6.45, 7) is 2.42. The quantitative estimate of drug-likeness (QED) is 0.540. The third kappa shape index (κ3) is 3.57. The number of esters is 1. The topological polar surface area (TPSA) is 83.8 Å². The van der Waals surface area contributed by atoms with Crippen LogP contribution in [-0.4, -0.2) is 34.4 Å². The number of carboxylic acid groups (broad SMARTS) is 1. The predicted molar refractivity (Wildman–Crippen MR) is 34.9 cm³/mol. The molecule has 0 rings (SSSR count). The van der Waals surface area contributed by atoms with Gasteiger partial charge < -0.3 is 14.9 Å². The Morgan fingerprint density at radius 2 is 1.82 bits per heavy atom. The summed E-state index contributed by atoms with van der Waals surface area (Å²) in [5, 5.41) is 16.8. The van der Waals surface area contributed by atoms with E-state index >= 15 is 0 Å². The van der Waals surface area contributed by atoms with Gasteiger partial charge in [0.2, 0.25) is 0 Å². The summed E-state index contributed by atoms with van der Waals surface area (Å²) >= 11 is 0. The lowest BCUT2D eigenvalue weighted by atomic mass is 10.4. The molecule has 0 bridgehead atoms. The first-order valence-electron chi connectivity index (χ1n) is 3.06. The summed E-state index contributed by atoms with van der Waals surface area (Å²) in [6, 6.07) is 0. The SMILES string of the molecule is CC(O)C(=O)OC(C)C(=O)O. The summed E-state index contributed by atoms with van der Waals surface area (Å²) < 4.78 is 4.28. The van der Waals surface area contributed by atoms with Crippen molar-refractivity contribution in [2.75, 3.05) is 0 Å². The average Bonchev–Trinajstić information content (AvgIpc) is 1.87. The number of ether oxygens (including phenoxy) is 1. The largest absolute Gasteiger partial charge is 0.479 e. The molecule has 11 heavy (non-hydrogen) atoms. The van der Waals surface area contributed by atoms with E-state index in [4.69, 9.17) is 10.2 Å². The van der Waals surface area contributed by atoms with Gasteiger partial charge in [-0.1, -0.05) is 0 Å². The van der Waals surface area contributed by atoms with Crippen LogP contribution in [0.25, 0.3) is 0 Å². The van der Waals surface area contributed by atoms with Crippen LogP contribution >= 0.6 is 0 Å². The van der Waals surface area contributed by atoms with Gasteiger partial charge in [0, 0.05) is 0 Å². The smallest absolute Gasteiger partial charge is 0.344 e. The summed E-state index contributed by atoms with van der Waals surface area (Å²) in [6.07, 6.45) is -2.49. The first kappa shape index (κ1) is 9.90. The third-order valence-electron chi connectivity index (χ3n) is 0.982. The van der Waals surface area contributed by atoms with Gasteiger partial charge in [-0.05, 0) is 13.8 Å². The monoisotopic (exact) mass is 162 g/mol. The van der Waals surface area contributed by atoms with Crippen molar-refractivity contribution in [3.63, 3.8) is 0 Å². The van der Waals surface area contributed by atoms with Crippen LogP contribution in [0.4, 0.5) is 0 Å². The molecule has 0 saturated carbocycles. The van der Waals surface area contributed by atoms with Crippen molar-refractivity contribution in [1.29, 1.82) is 0 Å². The van der Waals surface area contributed by atoms with Gasteiger partial charge in [-0.25, -0.2) is 9.59 Å². The normalized spacial score (nSPS) is 15.2. The minimum atomic E-state index is -1.28. The number of aliphatic hydroxyl groups is 1. The Hall–Kier alpha value is -1.10. The van der Waals surface area contributed by atoms with E-state index in [0.29, 0.717) is 0 Å². The molecular formula is C6H10O5. The molecule has 0 aromatic carbocycles. The molecule has 2 N–H and O–H groups in total. The van der Waals surface area contributed by atoms with Gasteiger partial charge in [0.1, 0.15) is 6.10 Å². The fraction of sp³-hybridized carbons (Fsp3) is 0.667. The van der Waals surface area contributed by atoms with Crippen molar-refractivity contribution in [2.45, 2.75) is 26.1 Å². The van der Waals surface area contributed by atoms with E-state index in [-0.39, 0.29) is 0 Å². The molecule has 64 valence electrons. The summed E-state index contributed by atoms with van der Waals surface area (Å²) in [7, 11) is 0. The van der Waals surface area contributed by atoms with Crippen LogP contribution in [0.3, 0.4) is 0 Å². The van der Waals surface area contributed by atoms with Crippen LogP contribution in [0.15, 0.2) is 0 Å². The van der Waals surface area contributed by atoms with Crippen LogP contribution in [0.5, 0.6) is 0 Å². The van der Waals surface area contributed by atoms with Crippen molar-refractivity contribution in [2.24, 2.45) is 0 Å². The highest BCUT2D eigenvalue weighted by Crippen LogP contribution is 1.94. The Bertz CT molecular complexity index is 162. The number of carboxylic acids is 1. The zero-order valence-corrected chi connectivity index (χ0v) is 6.27. The maximum atomic E-state index is 10.5. The highest BCUT2D eigenvalue weighted by atomic mass is 16.6. The first-order chi connectivity index (χ1) is 4.95. The number of aliphatic hydroxyl groups excluding tert-OH is 1.